The van der Waals surface area contributed by atoms with E-state index in [-0.39, 0.29) is 53.6 Å². The minimum atomic E-state index is -1.13. The maximum absolute atomic E-state index is 12.7. The summed E-state index contributed by atoms with van der Waals surface area (Å²) in [5, 5.41) is 50.2. The predicted octanol–water partition coefficient (Wildman–Crippen LogP) is 1.05. The van der Waals surface area contributed by atoms with Gasteiger partial charge in [-0.15, -0.1) is 0 Å². The van der Waals surface area contributed by atoms with Crippen molar-refractivity contribution < 1.29 is 34.7 Å². The first-order chi connectivity index (χ1) is 13.8. The SMILES string of the molecule is O=c1cc(-c2ccc(O)cc2)oc2c(CN3[C@H](O)COC[C@@H]3O)c(O)cc(O)c12. The van der Waals surface area contributed by atoms with Crippen molar-refractivity contribution in [2.45, 2.75) is 19.0 Å². The van der Waals surface area contributed by atoms with Crippen LogP contribution >= 0.6 is 0 Å². The van der Waals surface area contributed by atoms with Gasteiger partial charge in [0.1, 0.15) is 40.9 Å². The van der Waals surface area contributed by atoms with Crippen molar-refractivity contribution in [2.75, 3.05) is 13.2 Å². The number of phenols is 3. The molecule has 0 radical (unpaired) electrons. The zero-order chi connectivity index (χ0) is 20.7. The quantitative estimate of drug-likeness (QED) is 0.435. The Morgan fingerprint density at radius 2 is 1.62 bits per heavy atom. The molecule has 29 heavy (non-hydrogen) atoms. The maximum Gasteiger partial charge on any atom is 0.197 e. The molecule has 0 amide bonds. The highest BCUT2D eigenvalue weighted by Gasteiger charge is 2.31. The number of hydrogen-bond donors (Lipinski definition) is 5. The summed E-state index contributed by atoms with van der Waals surface area (Å²) in [5.41, 5.74) is 0.0256. The zero-order valence-electron chi connectivity index (χ0n) is 15.1. The minimum absolute atomic E-state index is 0.0312. The van der Waals surface area contributed by atoms with E-state index in [0.29, 0.717) is 5.56 Å². The number of benzene rings is 2. The molecular formula is C20H19NO8. The van der Waals surface area contributed by atoms with Gasteiger partial charge >= 0.3 is 0 Å². The first-order valence-electron chi connectivity index (χ1n) is 8.86. The number of nitrogens with zero attached hydrogens (tertiary/aromatic N) is 1. The highest BCUT2D eigenvalue weighted by Crippen LogP contribution is 2.36. The summed E-state index contributed by atoms with van der Waals surface area (Å²) in [5.74, 6) is -0.595. The van der Waals surface area contributed by atoms with Crippen LogP contribution in [0.3, 0.4) is 0 Å². The molecule has 0 aliphatic carbocycles. The van der Waals surface area contributed by atoms with Crippen molar-refractivity contribution in [3.8, 4) is 28.6 Å². The van der Waals surface area contributed by atoms with Gasteiger partial charge in [-0.25, -0.2) is 4.90 Å². The van der Waals surface area contributed by atoms with Crippen LogP contribution in [0, 0.1) is 0 Å². The molecule has 4 rings (SSSR count). The Morgan fingerprint density at radius 1 is 0.966 bits per heavy atom. The molecule has 9 heteroatoms. The topological polar surface area (TPSA) is 144 Å². The molecule has 0 unspecified atom stereocenters. The van der Waals surface area contributed by atoms with E-state index in [9.17, 15) is 30.3 Å². The van der Waals surface area contributed by atoms with Gasteiger partial charge in [0.25, 0.3) is 0 Å². The van der Waals surface area contributed by atoms with Crippen LogP contribution in [0.25, 0.3) is 22.3 Å². The number of rotatable bonds is 3. The lowest BCUT2D eigenvalue weighted by atomic mass is 10.1. The third-order valence-corrected chi connectivity index (χ3v) is 4.85. The number of morpholine rings is 1. The van der Waals surface area contributed by atoms with Crippen LogP contribution in [0.15, 0.2) is 45.6 Å². The lowest BCUT2D eigenvalue weighted by Crippen LogP contribution is -2.51. The molecule has 0 saturated carbocycles. The van der Waals surface area contributed by atoms with Gasteiger partial charge in [-0.05, 0) is 24.3 Å². The van der Waals surface area contributed by atoms with Crippen LogP contribution in [-0.4, -0.2) is 56.1 Å². The average Bonchev–Trinajstić information content (AvgIpc) is 2.67. The second-order valence-electron chi connectivity index (χ2n) is 6.79. The van der Waals surface area contributed by atoms with Crippen molar-refractivity contribution in [1.82, 2.24) is 4.90 Å². The van der Waals surface area contributed by atoms with Gasteiger partial charge in [0.15, 0.2) is 11.0 Å². The van der Waals surface area contributed by atoms with Crippen LogP contribution in [-0.2, 0) is 11.3 Å². The van der Waals surface area contributed by atoms with Crippen LogP contribution in [0.4, 0.5) is 0 Å². The number of aliphatic hydroxyl groups excluding tert-OH is 2. The molecule has 0 bridgehead atoms. The molecule has 2 heterocycles. The third-order valence-electron chi connectivity index (χ3n) is 4.85. The molecule has 1 aliphatic heterocycles. The van der Waals surface area contributed by atoms with Crippen LogP contribution in [0.5, 0.6) is 17.2 Å². The predicted molar refractivity (Wildman–Crippen MR) is 101 cm³/mol. The van der Waals surface area contributed by atoms with E-state index in [2.05, 4.69) is 0 Å². The molecule has 2 atom stereocenters. The lowest BCUT2D eigenvalue weighted by Gasteiger charge is -2.36. The fourth-order valence-corrected chi connectivity index (χ4v) is 3.34. The van der Waals surface area contributed by atoms with Crippen LogP contribution in [0.2, 0.25) is 0 Å². The number of phenolic OH excluding ortho intramolecular Hbond substituents is 3. The summed E-state index contributed by atoms with van der Waals surface area (Å²) in [7, 11) is 0. The lowest BCUT2D eigenvalue weighted by molar-refractivity contribution is -0.198. The summed E-state index contributed by atoms with van der Waals surface area (Å²) < 4.78 is 10.9. The van der Waals surface area contributed by atoms with Crippen molar-refractivity contribution in [1.29, 1.82) is 0 Å². The minimum Gasteiger partial charge on any atom is -0.508 e. The van der Waals surface area contributed by atoms with Gasteiger partial charge in [0.2, 0.25) is 0 Å². The summed E-state index contributed by atoms with van der Waals surface area (Å²) >= 11 is 0. The fourth-order valence-electron chi connectivity index (χ4n) is 3.34. The molecule has 2 aromatic carbocycles. The fraction of sp³-hybridized carbons (Fsp3) is 0.250. The smallest absolute Gasteiger partial charge is 0.197 e. The number of fused-ring (bicyclic) bond motifs is 1. The Bertz CT molecular complexity index is 1100. The van der Waals surface area contributed by atoms with Gasteiger partial charge in [-0.2, -0.15) is 0 Å². The molecule has 5 N–H and O–H groups in total. The maximum atomic E-state index is 12.7. The van der Waals surface area contributed by atoms with E-state index in [0.717, 1.165) is 6.07 Å². The summed E-state index contributed by atoms with van der Waals surface area (Å²) in [6.45, 7) is -0.219. The number of aliphatic hydroxyl groups is 2. The van der Waals surface area contributed by atoms with Crippen LogP contribution in [0.1, 0.15) is 5.56 Å². The number of ether oxygens (including phenoxy) is 1. The highest BCUT2D eigenvalue weighted by molar-refractivity contribution is 5.89. The number of hydrogen-bond acceptors (Lipinski definition) is 9. The largest absolute Gasteiger partial charge is 0.508 e. The Balaban J connectivity index is 1.89. The average molecular weight is 401 g/mol. The van der Waals surface area contributed by atoms with E-state index < -0.39 is 23.6 Å². The molecule has 0 spiro atoms. The van der Waals surface area contributed by atoms with Gasteiger partial charge in [-0.3, -0.25) is 4.79 Å². The standard InChI is InChI=1S/C20H19NO8/c22-11-3-1-10(2-4-11)16-6-15(25)19-14(24)5-13(23)12(20(19)29-16)7-21-17(26)8-28-9-18(21)27/h1-6,17-18,22-24,26-27H,7-9H2/t17-,18+. The summed E-state index contributed by atoms with van der Waals surface area (Å²) in [6.07, 6.45) is -2.26. The second kappa shape index (κ2) is 7.37. The third kappa shape index (κ3) is 3.52. The Hall–Kier alpha value is -3.11. The van der Waals surface area contributed by atoms with E-state index in [4.69, 9.17) is 9.15 Å². The molecule has 3 aromatic rings. The second-order valence-corrected chi connectivity index (χ2v) is 6.79. The monoisotopic (exact) mass is 401 g/mol. The molecule has 1 aliphatic rings. The van der Waals surface area contributed by atoms with Gasteiger partial charge in [0, 0.05) is 24.2 Å². The van der Waals surface area contributed by atoms with Gasteiger partial charge in [0.05, 0.1) is 18.8 Å². The molecule has 1 fully saturated rings. The molecule has 1 saturated heterocycles. The van der Waals surface area contributed by atoms with Gasteiger partial charge < -0.3 is 34.7 Å². The van der Waals surface area contributed by atoms with Crippen molar-refractivity contribution >= 4 is 11.0 Å². The van der Waals surface area contributed by atoms with Crippen molar-refractivity contribution in [2.24, 2.45) is 0 Å². The molecule has 152 valence electrons. The number of aromatic hydroxyl groups is 3. The normalized spacial score (nSPS) is 20.2. The highest BCUT2D eigenvalue weighted by atomic mass is 16.5. The molecular weight excluding hydrogens is 382 g/mol. The van der Waals surface area contributed by atoms with E-state index in [1.807, 2.05) is 0 Å². The Kier molecular flexibility index (Phi) is 4.89. The van der Waals surface area contributed by atoms with Crippen molar-refractivity contribution in [3.05, 3.63) is 52.2 Å². The van der Waals surface area contributed by atoms with Crippen molar-refractivity contribution in [3.63, 3.8) is 0 Å². The molecule has 9 nitrogen and oxygen atoms in total. The summed E-state index contributed by atoms with van der Waals surface area (Å²) in [6, 6.07) is 8.19. The first kappa shape index (κ1) is 19.2. The Labute approximate surface area is 164 Å². The van der Waals surface area contributed by atoms with E-state index >= 15 is 0 Å². The van der Waals surface area contributed by atoms with E-state index in [1.165, 1.54) is 23.1 Å². The first-order valence-corrected chi connectivity index (χ1v) is 8.86. The van der Waals surface area contributed by atoms with Crippen LogP contribution < -0.4 is 5.43 Å². The van der Waals surface area contributed by atoms with E-state index in [1.54, 1.807) is 12.1 Å². The zero-order valence-corrected chi connectivity index (χ0v) is 15.1. The molecule has 1 aromatic heterocycles. The summed E-state index contributed by atoms with van der Waals surface area (Å²) in [4.78, 5) is 13.9. The Morgan fingerprint density at radius 3 is 2.28 bits per heavy atom. The van der Waals surface area contributed by atoms with Gasteiger partial charge in [-0.1, -0.05) is 0 Å².